The maximum Gasteiger partial charge on any atom is 0.417 e. The van der Waals surface area contributed by atoms with Crippen LogP contribution in [-0.4, -0.2) is 22.7 Å². The van der Waals surface area contributed by atoms with Gasteiger partial charge in [-0.05, 0) is 37.6 Å². The van der Waals surface area contributed by atoms with Crippen LogP contribution in [0.5, 0.6) is 0 Å². The minimum absolute atomic E-state index is 0.0985. The van der Waals surface area contributed by atoms with Crippen LogP contribution in [0.3, 0.4) is 0 Å². The smallest absolute Gasteiger partial charge is 0.380 e. The molecule has 1 aromatic rings. The summed E-state index contributed by atoms with van der Waals surface area (Å²) in [7, 11) is 0. The molecular weight excluding hydrogens is 269 g/mol. The van der Waals surface area contributed by atoms with E-state index in [9.17, 15) is 23.1 Å². The predicted octanol–water partition coefficient (Wildman–Crippen LogP) is 3.53. The summed E-state index contributed by atoms with van der Waals surface area (Å²) in [4.78, 5) is 11.7. The van der Waals surface area contributed by atoms with Crippen molar-refractivity contribution in [2.45, 2.75) is 32.0 Å². The number of benzene rings is 1. The minimum atomic E-state index is -4.84. The van der Waals surface area contributed by atoms with E-state index in [1.807, 2.05) is 0 Å². The number of carbonyl (C=O) groups is 1. The van der Waals surface area contributed by atoms with Crippen LogP contribution >= 0.6 is 11.6 Å². The van der Waals surface area contributed by atoms with Gasteiger partial charge in [0.2, 0.25) is 0 Å². The lowest BCUT2D eigenvalue weighted by molar-refractivity contribution is -0.250. The van der Waals surface area contributed by atoms with Gasteiger partial charge in [-0.15, -0.1) is 0 Å². The van der Waals surface area contributed by atoms with Crippen LogP contribution < -0.4 is 0 Å². The molecule has 1 N–H and O–H groups in total. The number of hydrogen-bond acceptors (Lipinski definition) is 2. The molecule has 1 aromatic carbocycles. The van der Waals surface area contributed by atoms with E-state index in [4.69, 9.17) is 11.6 Å². The zero-order chi connectivity index (χ0) is 14.1. The van der Waals surface area contributed by atoms with Crippen molar-refractivity contribution < 1.29 is 23.1 Å². The van der Waals surface area contributed by atoms with Crippen LogP contribution in [0.4, 0.5) is 13.2 Å². The fourth-order valence-electron chi connectivity index (χ4n) is 1.33. The maximum atomic E-state index is 12.4. The Morgan fingerprint density at radius 1 is 1.39 bits per heavy atom. The van der Waals surface area contributed by atoms with E-state index in [2.05, 4.69) is 0 Å². The number of aryl methyl sites for hydroxylation is 1. The monoisotopic (exact) mass is 280 g/mol. The van der Waals surface area contributed by atoms with E-state index in [-0.39, 0.29) is 5.56 Å². The van der Waals surface area contributed by atoms with Gasteiger partial charge in [0.05, 0.1) is 0 Å². The third-order valence-corrected chi connectivity index (χ3v) is 3.02. The van der Waals surface area contributed by atoms with Crippen LogP contribution in [0, 0.1) is 6.92 Å². The van der Waals surface area contributed by atoms with Gasteiger partial charge in [-0.25, -0.2) is 0 Å². The van der Waals surface area contributed by atoms with Crippen molar-refractivity contribution in [3.63, 3.8) is 0 Å². The number of alkyl halides is 3. The van der Waals surface area contributed by atoms with Gasteiger partial charge in [-0.1, -0.05) is 11.6 Å². The maximum absolute atomic E-state index is 12.4. The summed E-state index contributed by atoms with van der Waals surface area (Å²) in [5.41, 5.74) is -2.34. The zero-order valence-electron chi connectivity index (χ0n) is 9.81. The molecule has 0 amide bonds. The number of Topliss-reactive ketones (excluding diaryl/α,β-unsaturated/α-hetero) is 1. The summed E-state index contributed by atoms with van der Waals surface area (Å²) < 4.78 is 37.3. The molecule has 18 heavy (non-hydrogen) atoms. The van der Waals surface area contributed by atoms with E-state index in [1.165, 1.54) is 18.2 Å². The molecule has 0 aliphatic heterocycles. The first kappa shape index (κ1) is 15.0. The summed E-state index contributed by atoms with van der Waals surface area (Å²) >= 11 is 5.75. The molecule has 2 nitrogen and oxygen atoms in total. The molecule has 6 heteroatoms. The van der Waals surface area contributed by atoms with Crippen molar-refractivity contribution in [1.29, 1.82) is 0 Å². The molecule has 1 unspecified atom stereocenters. The highest BCUT2D eigenvalue weighted by Gasteiger charge is 2.50. The van der Waals surface area contributed by atoms with E-state index in [1.54, 1.807) is 6.92 Å². The second kappa shape index (κ2) is 4.90. The second-order valence-electron chi connectivity index (χ2n) is 4.34. The van der Waals surface area contributed by atoms with Gasteiger partial charge in [0.15, 0.2) is 11.4 Å². The predicted molar refractivity (Wildman–Crippen MR) is 61.8 cm³/mol. The summed E-state index contributed by atoms with van der Waals surface area (Å²) in [5.74, 6) is -0.780. The molecule has 0 heterocycles. The van der Waals surface area contributed by atoms with Gasteiger partial charge < -0.3 is 5.11 Å². The Morgan fingerprint density at radius 2 is 1.94 bits per heavy atom. The van der Waals surface area contributed by atoms with Crippen LogP contribution in [0.25, 0.3) is 0 Å². The highest BCUT2D eigenvalue weighted by atomic mass is 35.5. The van der Waals surface area contributed by atoms with Crippen LogP contribution in [0.2, 0.25) is 5.02 Å². The highest BCUT2D eigenvalue weighted by molar-refractivity contribution is 6.31. The first-order valence-corrected chi connectivity index (χ1v) is 5.51. The Kier molecular flexibility index (Phi) is 4.08. The number of hydrogen-bond donors (Lipinski definition) is 1. The largest absolute Gasteiger partial charge is 0.417 e. The van der Waals surface area contributed by atoms with Gasteiger partial charge in [0.1, 0.15) is 0 Å². The third-order valence-electron chi connectivity index (χ3n) is 2.60. The number of halogens is 4. The lowest BCUT2D eigenvalue weighted by atomic mass is 9.94. The Morgan fingerprint density at radius 3 is 2.39 bits per heavy atom. The van der Waals surface area contributed by atoms with E-state index in [0.29, 0.717) is 17.5 Å². The molecule has 0 aliphatic carbocycles. The molecule has 0 aromatic heterocycles. The Balaban J connectivity index is 2.93. The lowest BCUT2D eigenvalue weighted by Gasteiger charge is -2.25. The van der Waals surface area contributed by atoms with Gasteiger partial charge in [-0.2, -0.15) is 13.2 Å². The number of rotatable bonds is 3. The molecule has 0 radical (unpaired) electrons. The van der Waals surface area contributed by atoms with E-state index < -0.39 is 24.0 Å². The van der Waals surface area contributed by atoms with Crippen molar-refractivity contribution in [2.75, 3.05) is 0 Å². The Hall–Kier alpha value is -1.07. The second-order valence-corrected chi connectivity index (χ2v) is 4.74. The SMILES string of the molecule is Cc1cc(C(=O)CC(C)(O)C(F)(F)F)ccc1Cl. The number of ketones is 1. The molecule has 100 valence electrons. The van der Waals surface area contributed by atoms with Gasteiger partial charge >= 0.3 is 6.18 Å². The first-order chi connectivity index (χ1) is 8.04. The summed E-state index contributed by atoms with van der Waals surface area (Å²) in [6.07, 6.45) is -5.86. The normalized spacial score (nSPS) is 15.3. The molecule has 1 atom stereocenters. The molecule has 0 saturated carbocycles. The van der Waals surface area contributed by atoms with Crippen molar-refractivity contribution in [3.8, 4) is 0 Å². The average Bonchev–Trinajstić information content (AvgIpc) is 2.19. The zero-order valence-corrected chi connectivity index (χ0v) is 10.6. The quantitative estimate of drug-likeness (QED) is 0.860. The molecule has 0 bridgehead atoms. The van der Waals surface area contributed by atoms with Crippen LogP contribution in [0.1, 0.15) is 29.3 Å². The number of carbonyl (C=O) groups excluding carboxylic acids is 1. The lowest BCUT2D eigenvalue weighted by Crippen LogP contribution is -2.43. The van der Waals surface area contributed by atoms with E-state index in [0.717, 1.165) is 0 Å². The fraction of sp³-hybridized carbons (Fsp3) is 0.417. The molecule has 0 saturated heterocycles. The van der Waals surface area contributed by atoms with Gasteiger partial charge in [0, 0.05) is 17.0 Å². The highest BCUT2D eigenvalue weighted by Crippen LogP contribution is 2.33. The molecule has 0 fully saturated rings. The minimum Gasteiger partial charge on any atom is -0.380 e. The summed E-state index contributed by atoms with van der Waals surface area (Å²) in [5, 5.41) is 9.66. The van der Waals surface area contributed by atoms with Crippen molar-refractivity contribution in [2.24, 2.45) is 0 Å². The Labute approximate surface area is 107 Å². The molecule has 0 spiro atoms. The van der Waals surface area contributed by atoms with Crippen LogP contribution in [0.15, 0.2) is 18.2 Å². The van der Waals surface area contributed by atoms with Gasteiger partial charge in [-0.3, -0.25) is 4.79 Å². The van der Waals surface area contributed by atoms with Crippen molar-refractivity contribution in [3.05, 3.63) is 34.3 Å². The molecule has 0 aliphatic rings. The molecule has 1 rings (SSSR count). The fourth-order valence-corrected chi connectivity index (χ4v) is 1.45. The molecular formula is C12H12ClF3O2. The Bertz CT molecular complexity index is 467. The summed E-state index contributed by atoms with van der Waals surface area (Å²) in [6, 6.07) is 4.17. The average molecular weight is 281 g/mol. The van der Waals surface area contributed by atoms with E-state index >= 15 is 0 Å². The topological polar surface area (TPSA) is 37.3 Å². The summed E-state index contributed by atoms with van der Waals surface area (Å²) in [6.45, 7) is 2.22. The van der Waals surface area contributed by atoms with Crippen molar-refractivity contribution >= 4 is 17.4 Å². The third kappa shape index (κ3) is 3.23. The number of aliphatic hydroxyl groups is 1. The van der Waals surface area contributed by atoms with Crippen LogP contribution in [-0.2, 0) is 0 Å². The first-order valence-electron chi connectivity index (χ1n) is 5.13. The van der Waals surface area contributed by atoms with Crippen molar-refractivity contribution in [1.82, 2.24) is 0 Å². The standard InChI is InChI=1S/C12H12ClF3O2/c1-7-5-8(3-4-9(7)13)10(17)6-11(2,18)12(14,15)16/h3-5,18H,6H2,1-2H3. The van der Waals surface area contributed by atoms with Gasteiger partial charge in [0.25, 0.3) is 0 Å².